The molecule has 27 heavy (non-hydrogen) atoms. The minimum absolute atomic E-state index is 0.177. The van der Waals surface area contributed by atoms with Gasteiger partial charge in [0.05, 0.1) is 28.8 Å². The number of ether oxygens (including phenoxy) is 2. The smallest absolute Gasteiger partial charge is 0.306 e. The van der Waals surface area contributed by atoms with Gasteiger partial charge in [-0.3, -0.25) is 9.59 Å². The van der Waals surface area contributed by atoms with Crippen LogP contribution in [0.5, 0.6) is 5.75 Å². The number of esters is 1. The van der Waals surface area contributed by atoms with Crippen LogP contribution >= 0.6 is 11.3 Å². The molecule has 1 N–H and O–H groups in total. The van der Waals surface area contributed by atoms with Crippen molar-refractivity contribution in [3.05, 3.63) is 53.5 Å². The van der Waals surface area contributed by atoms with Gasteiger partial charge in [0.1, 0.15) is 5.75 Å². The SMILES string of the molecule is COc1cccc(NC(=O)[C@H](C)OC(=O)CCc2nc3ccccc3s2)c1. The number of amides is 1. The minimum Gasteiger partial charge on any atom is -0.497 e. The number of hydrogen-bond acceptors (Lipinski definition) is 6. The van der Waals surface area contributed by atoms with E-state index in [1.165, 1.54) is 0 Å². The number of thiazole rings is 1. The fourth-order valence-electron chi connectivity index (χ4n) is 2.49. The van der Waals surface area contributed by atoms with E-state index in [1.807, 2.05) is 24.3 Å². The van der Waals surface area contributed by atoms with Gasteiger partial charge in [0, 0.05) is 18.2 Å². The average molecular weight is 384 g/mol. The number of nitrogens with zero attached hydrogens (tertiary/aromatic N) is 1. The highest BCUT2D eigenvalue weighted by Crippen LogP contribution is 2.22. The monoisotopic (exact) mass is 384 g/mol. The van der Waals surface area contributed by atoms with Crippen molar-refractivity contribution in [1.29, 1.82) is 0 Å². The molecule has 0 aliphatic carbocycles. The molecular weight excluding hydrogens is 364 g/mol. The van der Waals surface area contributed by atoms with Gasteiger partial charge < -0.3 is 14.8 Å². The highest BCUT2D eigenvalue weighted by Gasteiger charge is 2.18. The van der Waals surface area contributed by atoms with Crippen molar-refractivity contribution >= 4 is 39.1 Å². The summed E-state index contributed by atoms with van der Waals surface area (Å²) in [5, 5.41) is 3.58. The Bertz CT molecular complexity index is 921. The van der Waals surface area contributed by atoms with Crippen LogP contribution in [0.3, 0.4) is 0 Å². The number of carbonyl (C=O) groups excluding carboxylic acids is 2. The molecule has 0 unspecified atom stereocenters. The van der Waals surface area contributed by atoms with Gasteiger partial charge >= 0.3 is 5.97 Å². The quantitative estimate of drug-likeness (QED) is 0.627. The van der Waals surface area contributed by atoms with Gasteiger partial charge in [-0.15, -0.1) is 11.3 Å². The van der Waals surface area contributed by atoms with E-state index in [2.05, 4.69) is 10.3 Å². The van der Waals surface area contributed by atoms with Crippen LogP contribution < -0.4 is 10.1 Å². The van der Waals surface area contributed by atoms with Crippen molar-refractivity contribution in [1.82, 2.24) is 4.98 Å². The van der Waals surface area contributed by atoms with E-state index >= 15 is 0 Å². The number of benzene rings is 2. The van der Waals surface area contributed by atoms with E-state index in [0.717, 1.165) is 15.2 Å². The Kier molecular flexibility index (Phi) is 6.03. The van der Waals surface area contributed by atoms with Gasteiger partial charge in [-0.25, -0.2) is 4.98 Å². The Morgan fingerprint density at radius 3 is 2.78 bits per heavy atom. The first-order valence-electron chi connectivity index (χ1n) is 8.54. The lowest BCUT2D eigenvalue weighted by Crippen LogP contribution is -2.30. The zero-order chi connectivity index (χ0) is 19.2. The second-order valence-corrected chi connectivity index (χ2v) is 7.04. The highest BCUT2D eigenvalue weighted by atomic mass is 32.1. The molecule has 140 valence electrons. The first kappa shape index (κ1) is 18.8. The summed E-state index contributed by atoms with van der Waals surface area (Å²) in [5.41, 5.74) is 1.51. The topological polar surface area (TPSA) is 77.5 Å². The Morgan fingerprint density at radius 1 is 1.19 bits per heavy atom. The van der Waals surface area contributed by atoms with Crippen molar-refractivity contribution < 1.29 is 19.1 Å². The van der Waals surface area contributed by atoms with Crippen molar-refractivity contribution in [2.75, 3.05) is 12.4 Å². The predicted octanol–water partition coefficient (Wildman–Crippen LogP) is 3.81. The van der Waals surface area contributed by atoms with E-state index < -0.39 is 18.0 Å². The fraction of sp³-hybridized carbons (Fsp3) is 0.250. The summed E-state index contributed by atoms with van der Waals surface area (Å²) in [6, 6.07) is 14.8. The molecule has 0 radical (unpaired) electrons. The number of aromatic nitrogens is 1. The van der Waals surface area contributed by atoms with Crippen molar-refractivity contribution in [3.8, 4) is 5.75 Å². The maximum Gasteiger partial charge on any atom is 0.306 e. The highest BCUT2D eigenvalue weighted by molar-refractivity contribution is 7.18. The Hall–Kier alpha value is -2.93. The van der Waals surface area contributed by atoms with E-state index in [9.17, 15) is 9.59 Å². The molecule has 0 aliphatic rings. The molecule has 0 saturated carbocycles. The molecule has 1 amide bonds. The molecule has 0 spiro atoms. The molecule has 3 rings (SSSR count). The third-order valence-electron chi connectivity index (χ3n) is 3.90. The van der Waals surface area contributed by atoms with Crippen LogP contribution in [0.4, 0.5) is 5.69 Å². The van der Waals surface area contributed by atoms with E-state index in [1.54, 1.807) is 49.6 Å². The normalized spacial score (nSPS) is 11.8. The standard InChI is InChI=1S/C20H20N2O4S/c1-13(20(24)21-14-6-5-7-15(12-14)25-2)26-19(23)11-10-18-22-16-8-3-4-9-17(16)27-18/h3-9,12-13H,10-11H2,1-2H3,(H,21,24)/t13-/m0/s1. The summed E-state index contributed by atoms with van der Waals surface area (Å²) in [7, 11) is 1.55. The van der Waals surface area contributed by atoms with Gasteiger partial charge in [-0.2, -0.15) is 0 Å². The van der Waals surface area contributed by atoms with Crippen LogP contribution in [-0.2, 0) is 20.7 Å². The molecule has 7 heteroatoms. The fourth-order valence-corrected chi connectivity index (χ4v) is 3.46. The molecule has 0 fully saturated rings. The predicted molar refractivity (Wildman–Crippen MR) is 105 cm³/mol. The van der Waals surface area contributed by atoms with Crippen molar-refractivity contribution in [2.24, 2.45) is 0 Å². The number of aryl methyl sites for hydroxylation is 1. The summed E-state index contributed by atoms with van der Waals surface area (Å²) in [6.45, 7) is 1.55. The molecule has 2 aromatic carbocycles. The lowest BCUT2D eigenvalue weighted by atomic mass is 10.2. The lowest BCUT2D eigenvalue weighted by Gasteiger charge is -2.13. The number of hydrogen-bond donors (Lipinski definition) is 1. The summed E-state index contributed by atoms with van der Waals surface area (Å²) in [4.78, 5) is 28.7. The number of carbonyl (C=O) groups is 2. The van der Waals surface area contributed by atoms with Crippen LogP contribution in [0.2, 0.25) is 0 Å². The lowest BCUT2D eigenvalue weighted by molar-refractivity contribution is -0.153. The zero-order valence-corrected chi connectivity index (χ0v) is 15.9. The molecule has 1 atom stereocenters. The molecule has 0 saturated heterocycles. The van der Waals surface area contributed by atoms with Crippen molar-refractivity contribution in [2.45, 2.75) is 25.9 Å². The minimum atomic E-state index is -0.890. The number of anilines is 1. The summed E-state index contributed by atoms with van der Waals surface area (Å²) in [5.74, 6) is -0.188. The molecular formula is C20H20N2O4S. The van der Waals surface area contributed by atoms with Crippen molar-refractivity contribution in [3.63, 3.8) is 0 Å². The van der Waals surface area contributed by atoms with Gasteiger partial charge in [0.15, 0.2) is 6.10 Å². The van der Waals surface area contributed by atoms with Crippen LogP contribution in [0.15, 0.2) is 48.5 Å². The molecule has 1 aromatic heterocycles. The van der Waals surface area contributed by atoms with Gasteiger partial charge in [0.25, 0.3) is 5.91 Å². The maximum atomic E-state index is 12.2. The van der Waals surface area contributed by atoms with E-state index in [-0.39, 0.29) is 6.42 Å². The second kappa shape index (κ2) is 8.64. The number of nitrogens with one attached hydrogen (secondary N) is 1. The third kappa shape index (κ3) is 5.04. The van der Waals surface area contributed by atoms with Gasteiger partial charge in [-0.1, -0.05) is 18.2 Å². The number of para-hydroxylation sites is 1. The number of rotatable bonds is 7. The average Bonchev–Trinajstić information content (AvgIpc) is 3.09. The van der Waals surface area contributed by atoms with E-state index in [4.69, 9.17) is 9.47 Å². The van der Waals surface area contributed by atoms with Crippen LogP contribution in [0.25, 0.3) is 10.2 Å². The second-order valence-electron chi connectivity index (χ2n) is 5.93. The maximum absolute atomic E-state index is 12.2. The summed E-state index contributed by atoms with van der Waals surface area (Å²) < 4.78 is 11.4. The van der Waals surface area contributed by atoms with Crippen LogP contribution in [0.1, 0.15) is 18.4 Å². The first-order chi connectivity index (χ1) is 13.0. The third-order valence-corrected chi connectivity index (χ3v) is 4.99. The summed E-state index contributed by atoms with van der Waals surface area (Å²) >= 11 is 1.56. The largest absolute Gasteiger partial charge is 0.497 e. The van der Waals surface area contributed by atoms with Gasteiger partial charge in [-0.05, 0) is 31.2 Å². The van der Waals surface area contributed by atoms with E-state index in [0.29, 0.717) is 17.9 Å². The molecule has 0 bridgehead atoms. The summed E-state index contributed by atoms with van der Waals surface area (Å²) in [6.07, 6.45) is -0.224. The number of methoxy groups -OCH3 is 1. The molecule has 1 heterocycles. The Morgan fingerprint density at radius 2 is 2.00 bits per heavy atom. The first-order valence-corrected chi connectivity index (χ1v) is 9.35. The Balaban J connectivity index is 1.49. The molecule has 3 aromatic rings. The van der Waals surface area contributed by atoms with Gasteiger partial charge in [0.2, 0.25) is 0 Å². The molecule has 0 aliphatic heterocycles. The Labute approximate surface area is 161 Å². The zero-order valence-electron chi connectivity index (χ0n) is 15.1. The van der Waals surface area contributed by atoms with Crippen LogP contribution in [0, 0.1) is 0 Å². The number of fused-ring (bicyclic) bond motifs is 1. The molecule has 6 nitrogen and oxygen atoms in total. The van der Waals surface area contributed by atoms with Crippen LogP contribution in [-0.4, -0.2) is 30.1 Å².